The van der Waals surface area contributed by atoms with Crippen molar-refractivity contribution in [1.29, 1.82) is 0 Å². The van der Waals surface area contributed by atoms with E-state index in [0.717, 1.165) is 51.0 Å². The van der Waals surface area contributed by atoms with Crippen molar-refractivity contribution in [2.45, 2.75) is 20.4 Å². The first-order chi connectivity index (χ1) is 16.5. The molecule has 1 aromatic carbocycles. The van der Waals surface area contributed by atoms with Crippen LogP contribution in [0.1, 0.15) is 18.3 Å². The Kier molecular flexibility index (Phi) is 6.16. The molecule has 176 valence electrons. The third-order valence-electron chi connectivity index (χ3n) is 6.09. The largest absolute Gasteiger partial charge is 0.342 e. The van der Waals surface area contributed by atoms with Gasteiger partial charge in [-0.25, -0.2) is 28.7 Å². The quantitative estimate of drug-likeness (QED) is 0.448. The number of pyridine rings is 1. The Labute approximate surface area is 196 Å². The highest BCUT2D eigenvalue weighted by atomic mass is 19.1. The Morgan fingerprint density at radius 1 is 0.941 bits per heavy atom. The number of benzene rings is 1. The number of nitrogens with zero attached hydrogens (tertiary/aromatic N) is 6. The molecule has 4 aromatic rings. The summed E-state index contributed by atoms with van der Waals surface area (Å²) >= 11 is 0. The minimum absolute atomic E-state index is 0.216. The second kappa shape index (κ2) is 9.40. The first kappa shape index (κ1) is 22.3. The molecule has 1 aliphatic heterocycles. The average molecular weight is 465 g/mol. The lowest BCUT2D eigenvalue weighted by Crippen LogP contribution is -2.45. The molecule has 0 amide bonds. The summed E-state index contributed by atoms with van der Waals surface area (Å²) in [5.41, 5.74) is 2.37. The number of hydrogen-bond donors (Lipinski definition) is 2. The van der Waals surface area contributed by atoms with Gasteiger partial charge in [-0.3, -0.25) is 4.90 Å². The van der Waals surface area contributed by atoms with E-state index in [1.54, 1.807) is 25.4 Å². The normalized spacial score (nSPS) is 15.2. The Balaban J connectivity index is 1.30. The first-order valence-electron chi connectivity index (χ1n) is 11.3. The highest BCUT2D eigenvalue weighted by Crippen LogP contribution is 2.29. The van der Waals surface area contributed by atoms with E-state index in [4.69, 9.17) is 0 Å². The van der Waals surface area contributed by atoms with Crippen LogP contribution in [0.2, 0.25) is 0 Å². The Morgan fingerprint density at radius 3 is 2.41 bits per heavy atom. The fraction of sp³-hybridized carbons (Fsp3) is 0.333. The molecule has 0 radical (unpaired) electrons. The van der Waals surface area contributed by atoms with Gasteiger partial charge in [-0.2, -0.15) is 0 Å². The molecule has 4 heterocycles. The summed E-state index contributed by atoms with van der Waals surface area (Å²) in [6.07, 6.45) is 4.67. The molecule has 0 unspecified atom stereocenters. The predicted molar refractivity (Wildman–Crippen MR) is 127 cm³/mol. The topological polar surface area (TPSA) is 85.9 Å². The van der Waals surface area contributed by atoms with Crippen molar-refractivity contribution < 1.29 is 8.78 Å². The van der Waals surface area contributed by atoms with Crippen molar-refractivity contribution in [3.63, 3.8) is 0 Å². The van der Waals surface area contributed by atoms with Crippen molar-refractivity contribution in [3.05, 3.63) is 59.8 Å². The van der Waals surface area contributed by atoms with Crippen molar-refractivity contribution in [3.8, 4) is 11.1 Å². The van der Waals surface area contributed by atoms with Crippen LogP contribution in [-0.2, 0) is 6.54 Å². The molecule has 3 aromatic heterocycles. The van der Waals surface area contributed by atoms with Gasteiger partial charge in [0.1, 0.15) is 23.0 Å². The van der Waals surface area contributed by atoms with Gasteiger partial charge in [-0.1, -0.05) is 6.92 Å². The van der Waals surface area contributed by atoms with E-state index in [0.29, 0.717) is 28.7 Å². The molecule has 1 fully saturated rings. The van der Waals surface area contributed by atoms with Crippen LogP contribution in [0.4, 0.5) is 20.5 Å². The third-order valence-corrected chi connectivity index (χ3v) is 6.09. The summed E-state index contributed by atoms with van der Waals surface area (Å²) in [6, 6.07) is 4.46. The maximum atomic E-state index is 14.6. The average Bonchev–Trinajstić information content (AvgIpc) is 3.23. The van der Waals surface area contributed by atoms with Gasteiger partial charge >= 0.3 is 0 Å². The van der Waals surface area contributed by atoms with Crippen LogP contribution >= 0.6 is 0 Å². The second-order valence-corrected chi connectivity index (χ2v) is 8.48. The lowest BCUT2D eigenvalue weighted by Gasteiger charge is -2.33. The van der Waals surface area contributed by atoms with Crippen LogP contribution in [0.5, 0.6) is 0 Å². The smallest absolute Gasteiger partial charge is 0.228 e. The number of fused-ring (bicyclic) bond motifs is 1. The molecule has 0 bridgehead atoms. The van der Waals surface area contributed by atoms with Gasteiger partial charge in [0, 0.05) is 56.2 Å². The summed E-state index contributed by atoms with van der Waals surface area (Å²) < 4.78 is 29.1. The van der Waals surface area contributed by atoms with E-state index in [9.17, 15) is 8.78 Å². The number of piperazine rings is 1. The fourth-order valence-electron chi connectivity index (χ4n) is 4.22. The van der Waals surface area contributed by atoms with E-state index in [1.807, 2.05) is 0 Å². The fourth-order valence-corrected chi connectivity index (χ4v) is 4.22. The van der Waals surface area contributed by atoms with Gasteiger partial charge < -0.3 is 15.2 Å². The van der Waals surface area contributed by atoms with Crippen molar-refractivity contribution in [2.24, 2.45) is 0 Å². The summed E-state index contributed by atoms with van der Waals surface area (Å²) in [5, 5.41) is 3.01. The van der Waals surface area contributed by atoms with E-state index in [1.165, 1.54) is 12.1 Å². The van der Waals surface area contributed by atoms with Crippen LogP contribution in [0.3, 0.4) is 0 Å². The maximum absolute atomic E-state index is 14.6. The van der Waals surface area contributed by atoms with Gasteiger partial charge in [-0.05, 0) is 37.2 Å². The minimum Gasteiger partial charge on any atom is -0.342 e. The first-order valence-corrected chi connectivity index (χ1v) is 11.3. The number of anilines is 2. The second-order valence-electron chi connectivity index (χ2n) is 8.48. The molecular formula is C24H26F2N8. The van der Waals surface area contributed by atoms with Crippen LogP contribution in [0, 0.1) is 18.6 Å². The van der Waals surface area contributed by atoms with Crippen LogP contribution in [0.15, 0.2) is 36.8 Å². The molecule has 0 saturated carbocycles. The summed E-state index contributed by atoms with van der Waals surface area (Å²) in [6.45, 7) is 10.0. The third kappa shape index (κ3) is 4.73. The molecule has 10 heteroatoms. The molecular weight excluding hydrogens is 438 g/mol. The summed E-state index contributed by atoms with van der Waals surface area (Å²) in [5.74, 6) is 0.238. The lowest BCUT2D eigenvalue weighted by atomic mass is 10.1. The van der Waals surface area contributed by atoms with E-state index < -0.39 is 11.6 Å². The zero-order valence-corrected chi connectivity index (χ0v) is 19.1. The molecule has 0 aliphatic carbocycles. The van der Waals surface area contributed by atoms with Crippen molar-refractivity contribution in [1.82, 2.24) is 34.7 Å². The Morgan fingerprint density at radius 2 is 1.68 bits per heavy atom. The number of aryl methyl sites for hydroxylation is 1. The zero-order chi connectivity index (χ0) is 23.7. The molecule has 5 rings (SSSR count). The van der Waals surface area contributed by atoms with Crippen LogP contribution < -0.4 is 5.32 Å². The number of aromatic nitrogens is 5. The molecule has 1 aliphatic rings. The number of aromatic amines is 1. The summed E-state index contributed by atoms with van der Waals surface area (Å²) in [4.78, 5) is 24.8. The molecule has 8 nitrogen and oxygen atoms in total. The van der Waals surface area contributed by atoms with Gasteiger partial charge in [-0.15, -0.1) is 0 Å². The van der Waals surface area contributed by atoms with E-state index in [2.05, 4.69) is 47.0 Å². The number of imidazole rings is 1. The van der Waals surface area contributed by atoms with Crippen LogP contribution in [-0.4, -0.2) is 67.4 Å². The number of hydrogen-bond acceptors (Lipinski definition) is 7. The van der Waals surface area contributed by atoms with E-state index in [-0.39, 0.29) is 11.1 Å². The van der Waals surface area contributed by atoms with E-state index >= 15 is 0 Å². The highest BCUT2D eigenvalue weighted by Gasteiger charge is 2.16. The monoisotopic (exact) mass is 464 g/mol. The molecule has 34 heavy (non-hydrogen) atoms. The standard InChI is InChI=1S/C24H26F2N8/c1-3-33-4-6-34(7-5-33)14-16-11-28-24(29-12-16)32-22-10-18(20(26)13-27-22)17-8-19(25)23-21(9-17)30-15(2)31-23/h8-13H,3-7,14H2,1-2H3,(H,30,31)(H,27,28,29,32). The molecule has 0 spiro atoms. The highest BCUT2D eigenvalue weighted by molar-refractivity contribution is 5.83. The van der Waals surface area contributed by atoms with Gasteiger partial charge in [0.05, 0.1) is 11.7 Å². The Bertz CT molecular complexity index is 1300. The number of halogens is 2. The number of rotatable bonds is 6. The van der Waals surface area contributed by atoms with Crippen molar-refractivity contribution >= 4 is 22.8 Å². The molecule has 2 N–H and O–H groups in total. The molecule has 0 atom stereocenters. The zero-order valence-electron chi connectivity index (χ0n) is 19.1. The maximum Gasteiger partial charge on any atom is 0.228 e. The van der Waals surface area contributed by atoms with Gasteiger partial charge in [0.2, 0.25) is 5.95 Å². The van der Waals surface area contributed by atoms with Gasteiger partial charge in [0.25, 0.3) is 0 Å². The summed E-state index contributed by atoms with van der Waals surface area (Å²) in [7, 11) is 0. The number of likely N-dealkylation sites (N-methyl/N-ethyl adjacent to an activating group) is 1. The lowest BCUT2D eigenvalue weighted by molar-refractivity contribution is 0.132. The van der Waals surface area contributed by atoms with Crippen molar-refractivity contribution in [2.75, 3.05) is 38.0 Å². The Hall–Kier alpha value is -3.50. The van der Waals surface area contributed by atoms with Crippen LogP contribution in [0.25, 0.3) is 22.2 Å². The minimum atomic E-state index is -0.556. The van der Waals surface area contributed by atoms with Gasteiger partial charge in [0.15, 0.2) is 5.82 Å². The molecule has 1 saturated heterocycles. The SMILES string of the molecule is CCN1CCN(Cc2cnc(Nc3cc(-c4cc(F)c5nc(C)[nH]c5c4)c(F)cn3)nc2)CC1. The number of nitrogens with one attached hydrogen (secondary N) is 2. The number of H-pyrrole nitrogens is 1. The predicted octanol–water partition coefficient (Wildman–Crippen LogP) is 3.88.